The van der Waals surface area contributed by atoms with Crippen LogP contribution in [0.4, 0.5) is 4.79 Å². The van der Waals surface area contributed by atoms with Crippen molar-refractivity contribution < 1.29 is 38.4 Å². The monoisotopic (exact) mass is 556 g/mol. The van der Waals surface area contributed by atoms with Gasteiger partial charge in [0.2, 0.25) is 0 Å². The number of amides is 2. The van der Waals surface area contributed by atoms with Crippen LogP contribution in [-0.2, 0) is 9.53 Å². The summed E-state index contributed by atoms with van der Waals surface area (Å²) in [6.07, 6.45) is 1.30. The highest BCUT2D eigenvalue weighted by atomic mass is 16.5. The number of nitrogens with zero attached hydrogens (tertiary/aromatic N) is 1. The molecule has 0 fully saturated rings. The maximum absolute atomic E-state index is 12.4. The van der Waals surface area contributed by atoms with Crippen LogP contribution < -0.4 is 35.0 Å². The van der Waals surface area contributed by atoms with Crippen LogP contribution in [-0.4, -0.2) is 63.6 Å². The van der Waals surface area contributed by atoms with E-state index in [1.54, 1.807) is 44.4 Å². The Morgan fingerprint density at radius 2 is 1.82 bits per heavy atom. The molecule has 0 saturated heterocycles. The zero-order chi connectivity index (χ0) is 29.1. The molecule has 12 heteroatoms. The van der Waals surface area contributed by atoms with Crippen molar-refractivity contribution in [2.75, 3.05) is 34.0 Å². The number of ether oxygens (including phenoxy) is 5. The minimum atomic E-state index is -1.13. The van der Waals surface area contributed by atoms with Crippen LogP contribution in [0.3, 0.4) is 0 Å². The second kappa shape index (κ2) is 14.6. The van der Waals surface area contributed by atoms with Gasteiger partial charge < -0.3 is 39.4 Å². The molecule has 0 unspecified atom stereocenters. The molecular formula is C28H36N4O8. The van der Waals surface area contributed by atoms with E-state index in [-0.39, 0.29) is 12.2 Å². The van der Waals surface area contributed by atoms with Crippen molar-refractivity contribution in [1.29, 1.82) is 0 Å². The van der Waals surface area contributed by atoms with Gasteiger partial charge in [-0.1, -0.05) is 13.0 Å². The molecule has 2 aromatic rings. The molecule has 0 bridgehead atoms. The Hall–Kier alpha value is -4.45. The summed E-state index contributed by atoms with van der Waals surface area (Å²) < 4.78 is 27.4. The normalized spacial score (nSPS) is 15.7. The topological polar surface area (TPSA) is 149 Å². The molecule has 0 spiro atoms. The van der Waals surface area contributed by atoms with Crippen LogP contribution >= 0.6 is 0 Å². The summed E-state index contributed by atoms with van der Waals surface area (Å²) in [5.74, 6) is 1.41. The first-order valence-corrected chi connectivity index (χ1v) is 12.8. The van der Waals surface area contributed by atoms with E-state index >= 15 is 0 Å². The molecule has 1 aliphatic rings. The van der Waals surface area contributed by atoms with Gasteiger partial charge in [-0.3, -0.25) is 5.43 Å². The minimum Gasteiger partial charge on any atom is -0.493 e. The van der Waals surface area contributed by atoms with Gasteiger partial charge in [0, 0.05) is 5.70 Å². The van der Waals surface area contributed by atoms with Gasteiger partial charge in [-0.05, 0) is 61.7 Å². The van der Waals surface area contributed by atoms with Crippen LogP contribution in [0.5, 0.6) is 23.0 Å². The predicted molar refractivity (Wildman–Crippen MR) is 148 cm³/mol. The third kappa shape index (κ3) is 7.79. The van der Waals surface area contributed by atoms with Crippen molar-refractivity contribution in [3.63, 3.8) is 0 Å². The molecule has 0 aliphatic carbocycles. The lowest BCUT2D eigenvalue weighted by Gasteiger charge is -2.28. The Morgan fingerprint density at radius 3 is 2.52 bits per heavy atom. The smallest absolute Gasteiger partial charge is 0.337 e. The van der Waals surface area contributed by atoms with Gasteiger partial charge in [0.1, 0.15) is 6.61 Å². The zero-order valence-electron chi connectivity index (χ0n) is 23.3. The number of aliphatic hydroxyl groups is 1. The molecule has 0 radical (unpaired) electrons. The van der Waals surface area contributed by atoms with Gasteiger partial charge in [-0.2, -0.15) is 5.10 Å². The number of urea groups is 1. The Balaban J connectivity index is 1.66. The fourth-order valence-corrected chi connectivity index (χ4v) is 3.92. The van der Waals surface area contributed by atoms with E-state index in [1.165, 1.54) is 13.3 Å². The van der Waals surface area contributed by atoms with Crippen molar-refractivity contribution in [1.82, 2.24) is 16.1 Å². The third-order valence-corrected chi connectivity index (χ3v) is 5.76. The molecule has 1 heterocycles. The summed E-state index contributed by atoms with van der Waals surface area (Å²) in [5, 5.41) is 19.7. The Kier molecular flexibility index (Phi) is 11.0. The van der Waals surface area contributed by atoms with Crippen LogP contribution in [0, 0.1) is 0 Å². The number of hydrazone groups is 1. The molecule has 0 aromatic heterocycles. The number of rotatable bonds is 14. The van der Waals surface area contributed by atoms with Crippen LogP contribution in [0.25, 0.3) is 0 Å². The minimum absolute atomic E-state index is 0.139. The van der Waals surface area contributed by atoms with Gasteiger partial charge in [0.05, 0.1) is 45.3 Å². The molecule has 4 N–H and O–H groups in total. The van der Waals surface area contributed by atoms with E-state index in [2.05, 4.69) is 21.2 Å². The number of carbonyl (C=O) groups is 2. The average Bonchev–Trinajstić information content (AvgIpc) is 2.95. The van der Waals surface area contributed by atoms with Crippen LogP contribution in [0.15, 0.2) is 52.8 Å². The summed E-state index contributed by atoms with van der Waals surface area (Å²) in [7, 11) is 2.84. The molecular weight excluding hydrogens is 520 g/mol. The second-order valence-electron chi connectivity index (χ2n) is 8.67. The Bertz CT molecular complexity index is 1250. The molecule has 1 aliphatic heterocycles. The van der Waals surface area contributed by atoms with Crippen molar-refractivity contribution in [3.8, 4) is 23.0 Å². The molecule has 0 saturated carbocycles. The molecule has 2 aromatic carbocycles. The number of methoxy groups -OCH3 is 2. The van der Waals surface area contributed by atoms with Crippen molar-refractivity contribution in [3.05, 3.63) is 58.8 Å². The fourth-order valence-electron chi connectivity index (χ4n) is 3.92. The lowest BCUT2D eigenvalue weighted by atomic mass is 9.95. The maximum atomic E-state index is 12.4. The Labute approximate surface area is 233 Å². The van der Waals surface area contributed by atoms with Crippen LogP contribution in [0.2, 0.25) is 0 Å². The summed E-state index contributed by atoms with van der Waals surface area (Å²) >= 11 is 0. The molecule has 2 atom stereocenters. The fraction of sp³-hybridized carbons (Fsp3) is 0.393. The number of carbonyl (C=O) groups excluding carboxylic acids is 2. The van der Waals surface area contributed by atoms with Gasteiger partial charge in [0.25, 0.3) is 0 Å². The predicted octanol–water partition coefficient (Wildman–Crippen LogP) is 3.00. The van der Waals surface area contributed by atoms with Gasteiger partial charge >= 0.3 is 12.0 Å². The first-order valence-electron chi connectivity index (χ1n) is 12.8. The van der Waals surface area contributed by atoms with E-state index in [9.17, 15) is 14.7 Å². The second-order valence-corrected chi connectivity index (χ2v) is 8.67. The molecule has 3 rings (SSSR count). The summed E-state index contributed by atoms with van der Waals surface area (Å²) in [5.41, 5.74) is 4.62. The van der Waals surface area contributed by atoms with Crippen LogP contribution in [0.1, 0.15) is 44.4 Å². The number of allylic oxidation sites excluding steroid dienone is 1. The lowest BCUT2D eigenvalue weighted by molar-refractivity contribution is -0.136. The molecule has 216 valence electrons. The summed E-state index contributed by atoms with van der Waals surface area (Å²) in [6, 6.07) is 9.23. The van der Waals surface area contributed by atoms with Crippen molar-refractivity contribution >= 4 is 18.2 Å². The molecule has 40 heavy (non-hydrogen) atoms. The Morgan fingerprint density at radius 1 is 1.07 bits per heavy atom. The molecule has 12 nitrogen and oxygen atoms in total. The number of hydrogen-bond acceptors (Lipinski definition) is 10. The van der Waals surface area contributed by atoms with E-state index in [0.717, 1.165) is 12.0 Å². The highest BCUT2D eigenvalue weighted by Gasteiger charge is 2.32. The standard InChI is InChI=1S/C28H36N4O8/c1-6-12-39-20-10-8-18(13-22(20)36-4)15-29-32-24(33)16-40-21-11-9-19(14-23(21)38-7-2)26-25(27(34)37-5)17(3)30-28(35)31-26/h8-11,13-15,24,26,32-33H,6-7,12,16H2,1-5H3,(H2,30,31,35)/b29-15-/t24-,26+/m1/s1. The van der Waals surface area contributed by atoms with E-state index in [4.69, 9.17) is 23.7 Å². The van der Waals surface area contributed by atoms with Crippen molar-refractivity contribution in [2.24, 2.45) is 5.10 Å². The number of aliphatic hydroxyl groups excluding tert-OH is 1. The van der Waals surface area contributed by atoms with Crippen molar-refractivity contribution in [2.45, 2.75) is 39.5 Å². The van der Waals surface area contributed by atoms with E-state index < -0.39 is 24.3 Å². The largest absolute Gasteiger partial charge is 0.493 e. The van der Waals surface area contributed by atoms with Gasteiger partial charge in [-0.25, -0.2) is 9.59 Å². The number of nitrogens with one attached hydrogen (secondary N) is 3. The number of esters is 1. The van der Waals surface area contributed by atoms with Gasteiger partial charge in [0.15, 0.2) is 29.2 Å². The number of hydrogen-bond donors (Lipinski definition) is 4. The highest BCUT2D eigenvalue weighted by molar-refractivity contribution is 5.95. The zero-order valence-corrected chi connectivity index (χ0v) is 23.3. The van der Waals surface area contributed by atoms with E-state index in [1.807, 2.05) is 19.9 Å². The number of benzene rings is 2. The first kappa shape index (κ1) is 30.1. The first-order chi connectivity index (χ1) is 19.3. The average molecular weight is 557 g/mol. The summed E-state index contributed by atoms with van der Waals surface area (Å²) in [4.78, 5) is 24.5. The lowest BCUT2D eigenvalue weighted by Crippen LogP contribution is -2.45. The third-order valence-electron chi connectivity index (χ3n) is 5.76. The summed E-state index contributed by atoms with van der Waals surface area (Å²) in [6.45, 7) is 6.26. The highest BCUT2D eigenvalue weighted by Crippen LogP contribution is 2.35. The quantitative estimate of drug-likeness (QED) is 0.119. The van der Waals surface area contributed by atoms with Gasteiger partial charge in [-0.15, -0.1) is 0 Å². The molecule has 2 amide bonds. The van der Waals surface area contributed by atoms with E-state index in [0.29, 0.717) is 47.5 Å². The SMILES string of the molecule is CCCOc1ccc(/C=N\N[C@H](O)COc2ccc([C@@H]3NC(=O)NC(C)=C3C(=O)OC)cc2OCC)cc1OC. The maximum Gasteiger partial charge on any atom is 0.337 e.